The first-order valence-electron chi connectivity index (χ1n) is 12.0. The fraction of sp³-hybridized carbons (Fsp3) is 0.133. The molecule has 2 aromatic heterocycles. The summed E-state index contributed by atoms with van der Waals surface area (Å²) in [6.07, 6.45) is 1.81. The van der Waals surface area contributed by atoms with E-state index in [1.54, 1.807) is 0 Å². The molecule has 1 N–H and O–H groups in total. The molecule has 0 atom stereocenters. The number of hydrogen-bond acceptors (Lipinski definition) is 5. The van der Waals surface area contributed by atoms with E-state index in [1.165, 1.54) is 11.8 Å². The third kappa shape index (κ3) is 5.17. The minimum absolute atomic E-state index is 0.0888. The van der Waals surface area contributed by atoms with E-state index in [2.05, 4.69) is 28.2 Å². The number of thioether (sulfide) groups is 1. The first-order valence-corrected chi connectivity index (χ1v) is 13.0. The molecule has 0 fully saturated rings. The summed E-state index contributed by atoms with van der Waals surface area (Å²) < 4.78 is 2.00. The Morgan fingerprint density at radius 3 is 2.59 bits per heavy atom. The Morgan fingerprint density at radius 1 is 1.00 bits per heavy atom. The second kappa shape index (κ2) is 10.8. The number of benzene rings is 3. The smallest absolute Gasteiger partial charge is 0.234 e. The van der Waals surface area contributed by atoms with Gasteiger partial charge in [0.2, 0.25) is 5.91 Å². The van der Waals surface area contributed by atoms with Gasteiger partial charge in [0.05, 0.1) is 17.0 Å². The van der Waals surface area contributed by atoms with Gasteiger partial charge in [-0.1, -0.05) is 78.5 Å². The van der Waals surface area contributed by atoms with Crippen molar-refractivity contribution in [3.05, 3.63) is 103 Å². The van der Waals surface area contributed by atoms with Crippen LogP contribution in [0.4, 0.5) is 5.69 Å². The summed E-state index contributed by atoms with van der Waals surface area (Å²) in [6.45, 7) is 8.49. The molecule has 6 nitrogen and oxygen atoms in total. The lowest BCUT2D eigenvalue weighted by Crippen LogP contribution is -2.15. The van der Waals surface area contributed by atoms with Crippen molar-refractivity contribution in [2.75, 3.05) is 11.1 Å². The zero-order valence-corrected chi connectivity index (χ0v) is 21.6. The Morgan fingerprint density at radius 2 is 1.78 bits per heavy atom. The summed E-state index contributed by atoms with van der Waals surface area (Å²) in [6, 6.07) is 26.1. The molecule has 7 heteroatoms. The van der Waals surface area contributed by atoms with Crippen LogP contribution in [0.15, 0.2) is 96.7 Å². The van der Waals surface area contributed by atoms with E-state index >= 15 is 0 Å². The molecule has 0 saturated heterocycles. The highest BCUT2D eigenvalue weighted by molar-refractivity contribution is 7.99. The molecular formula is C30H27N5OS. The molecule has 0 aliphatic heterocycles. The first kappa shape index (κ1) is 24.5. The predicted molar refractivity (Wildman–Crippen MR) is 152 cm³/mol. The minimum atomic E-state index is -0.0888. The Hall–Kier alpha value is -4.23. The van der Waals surface area contributed by atoms with Crippen LogP contribution < -0.4 is 5.32 Å². The number of fused-ring (bicyclic) bond motifs is 1. The molecule has 0 aliphatic carbocycles. The largest absolute Gasteiger partial charge is 0.325 e. The number of allylic oxidation sites excluding steroid dienone is 1. The maximum atomic E-state index is 12.8. The van der Waals surface area contributed by atoms with Crippen molar-refractivity contribution in [2.45, 2.75) is 25.5 Å². The summed E-state index contributed by atoms with van der Waals surface area (Å²) in [5, 5.41) is 13.7. The number of aromatic nitrogens is 4. The maximum Gasteiger partial charge on any atom is 0.234 e. The number of anilines is 1. The first-order chi connectivity index (χ1) is 18.0. The molecule has 184 valence electrons. The number of carbonyl (C=O) groups excluding carboxylic acids is 1. The number of hydrogen-bond donors (Lipinski definition) is 1. The second-order valence-electron chi connectivity index (χ2n) is 8.73. The van der Waals surface area contributed by atoms with Crippen molar-refractivity contribution in [3.63, 3.8) is 0 Å². The van der Waals surface area contributed by atoms with E-state index in [-0.39, 0.29) is 11.7 Å². The molecule has 0 spiro atoms. The van der Waals surface area contributed by atoms with Crippen LogP contribution in [0.3, 0.4) is 0 Å². The van der Waals surface area contributed by atoms with Crippen molar-refractivity contribution in [3.8, 4) is 22.6 Å². The van der Waals surface area contributed by atoms with Gasteiger partial charge in [-0.3, -0.25) is 9.36 Å². The van der Waals surface area contributed by atoms with Gasteiger partial charge in [0, 0.05) is 28.7 Å². The van der Waals surface area contributed by atoms with Crippen molar-refractivity contribution < 1.29 is 4.79 Å². The monoisotopic (exact) mass is 505 g/mol. The third-order valence-corrected chi connectivity index (χ3v) is 7.23. The zero-order valence-electron chi connectivity index (χ0n) is 20.8. The second-order valence-corrected chi connectivity index (χ2v) is 9.67. The van der Waals surface area contributed by atoms with Crippen LogP contribution in [-0.4, -0.2) is 31.4 Å². The summed E-state index contributed by atoms with van der Waals surface area (Å²) in [7, 11) is 0. The topological polar surface area (TPSA) is 72.7 Å². The fourth-order valence-electron chi connectivity index (χ4n) is 4.21. The average molecular weight is 506 g/mol. The number of nitrogens with zero attached hydrogens (tertiary/aromatic N) is 4. The Bertz CT molecular complexity index is 1590. The average Bonchev–Trinajstić information content (AvgIpc) is 3.32. The molecule has 3 aromatic carbocycles. The highest BCUT2D eigenvalue weighted by Crippen LogP contribution is 2.33. The lowest BCUT2D eigenvalue weighted by atomic mass is 10.0. The third-order valence-electron chi connectivity index (χ3n) is 6.27. The Balaban J connectivity index is 1.48. The minimum Gasteiger partial charge on any atom is -0.325 e. The highest BCUT2D eigenvalue weighted by Gasteiger charge is 2.19. The molecule has 0 unspecified atom stereocenters. The quantitative estimate of drug-likeness (QED) is 0.188. The fourth-order valence-corrected chi connectivity index (χ4v) is 4.96. The van der Waals surface area contributed by atoms with Crippen LogP contribution in [0.1, 0.15) is 11.1 Å². The number of pyridine rings is 1. The van der Waals surface area contributed by atoms with E-state index in [4.69, 9.17) is 4.98 Å². The normalized spacial score (nSPS) is 11.0. The summed E-state index contributed by atoms with van der Waals surface area (Å²) in [5.41, 5.74) is 6.75. The molecule has 0 radical (unpaired) electrons. The molecule has 1 amide bonds. The van der Waals surface area contributed by atoms with Crippen molar-refractivity contribution >= 4 is 34.3 Å². The van der Waals surface area contributed by atoms with E-state index in [0.717, 1.165) is 44.5 Å². The molecular weight excluding hydrogens is 478 g/mol. The van der Waals surface area contributed by atoms with Crippen molar-refractivity contribution in [1.82, 2.24) is 19.7 Å². The molecule has 5 aromatic rings. The van der Waals surface area contributed by atoms with Crippen LogP contribution in [0.25, 0.3) is 33.5 Å². The number of amides is 1. The molecule has 37 heavy (non-hydrogen) atoms. The number of aryl methyl sites for hydroxylation is 1. The zero-order chi connectivity index (χ0) is 25.8. The van der Waals surface area contributed by atoms with Gasteiger partial charge in [-0.25, -0.2) is 4.98 Å². The van der Waals surface area contributed by atoms with Crippen LogP contribution in [0.2, 0.25) is 0 Å². The lowest BCUT2D eigenvalue weighted by molar-refractivity contribution is -0.113. The SMILES string of the molecule is C=CCn1c(SCC(=O)Nc2cccc(C)c2C)nnc1-c1cc(-c2ccccc2)nc2ccccc12. The number of carbonyl (C=O) groups is 1. The number of para-hydroxylation sites is 1. The van der Waals surface area contributed by atoms with Crippen molar-refractivity contribution in [2.24, 2.45) is 0 Å². The summed E-state index contributed by atoms with van der Waals surface area (Å²) in [4.78, 5) is 17.6. The van der Waals surface area contributed by atoms with E-state index in [1.807, 2.05) is 97.3 Å². The number of nitrogens with one attached hydrogen (secondary N) is 1. The van der Waals surface area contributed by atoms with Gasteiger partial charge in [-0.2, -0.15) is 0 Å². The van der Waals surface area contributed by atoms with Gasteiger partial charge < -0.3 is 5.32 Å². The van der Waals surface area contributed by atoms with E-state index < -0.39 is 0 Å². The van der Waals surface area contributed by atoms with Gasteiger partial charge in [0.25, 0.3) is 0 Å². The van der Waals surface area contributed by atoms with Crippen LogP contribution in [0.5, 0.6) is 0 Å². The van der Waals surface area contributed by atoms with Gasteiger partial charge >= 0.3 is 0 Å². The summed E-state index contributed by atoms with van der Waals surface area (Å²) in [5.74, 6) is 0.844. The molecule has 0 saturated carbocycles. The highest BCUT2D eigenvalue weighted by atomic mass is 32.2. The maximum absolute atomic E-state index is 12.8. The molecule has 5 rings (SSSR count). The predicted octanol–water partition coefficient (Wildman–Crippen LogP) is 6.69. The van der Waals surface area contributed by atoms with Gasteiger partial charge in [-0.15, -0.1) is 16.8 Å². The number of rotatable bonds is 8. The van der Waals surface area contributed by atoms with Crippen LogP contribution >= 0.6 is 11.8 Å². The van der Waals surface area contributed by atoms with Crippen LogP contribution in [-0.2, 0) is 11.3 Å². The molecule has 0 aliphatic rings. The summed E-state index contributed by atoms with van der Waals surface area (Å²) >= 11 is 1.36. The standard InChI is InChI=1S/C30H27N5OS/c1-4-17-35-29(33-34-30(35)37-19-28(36)32-25-16-10-11-20(2)21(25)3)24-18-27(22-12-6-5-7-13-22)31-26-15-9-8-14-23(24)26/h4-16,18H,1,17,19H2,2-3H3,(H,32,36). The van der Waals surface area contributed by atoms with Crippen LogP contribution in [0, 0.1) is 13.8 Å². The molecule has 0 bridgehead atoms. The molecule has 2 heterocycles. The van der Waals surface area contributed by atoms with Gasteiger partial charge in [-0.05, 0) is 43.2 Å². The van der Waals surface area contributed by atoms with Gasteiger partial charge in [0.1, 0.15) is 0 Å². The van der Waals surface area contributed by atoms with Gasteiger partial charge in [0.15, 0.2) is 11.0 Å². The Labute approximate surface area is 220 Å². The van der Waals surface area contributed by atoms with E-state index in [0.29, 0.717) is 17.5 Å². The van der Waals surface area contributed by atoms with E-state index in [9.17, 15) is 4.79 Å². The Kier molecular flexibility index (Phi) is 7.14. The lowest BCUT2D eigenvalue weighted by Gasteiger charge is -2.12. The van der Waals surface area contributed by atoms with Crippen molar-refractivity contribution in [1.29, 1.82) is 0 Å².